The van der Waals surface area contributed by atoms with E-state index in [9.17, 15) is 9.90 Å². The highest BCUT2D eigenvalue weighted by molar-refractivity contribution is 5.93. The molecule has 4 aromatic rings. The van der Waals surface area contributed by atoms with Gasteiger partial charge < -0.3 is 14.4 Å². The van der Waals surface area contributed by atoms with Gasteiger partial charge in [0.25, 0.3) is 0 Å². The van der Waals surface area contributed by atoms with Crippen molar-refractivity contribution in [2.75, 3.05) is 0 Å². The molecule has 0 unspecified atom stereocenters. The number of nitrogens with zero attached hydrogens (tertiary/aromatic N) is 3. The van der Waals surface area contributed by atoms with Crippen LogP contribution in [0, 0.1) is 0 Å². The maximum atomic E-state index is 11.5. The number of imidazole rings is 1. The zero-order chi connectivity index (χ0) is 21.9. The Morgan fingerprint density at radius 2 is 1.84 bits per heavy atom. The van der Waals surface area contributed by atoms with Crippen LogP contribution in [-0.2, 0) is 6.61 Å². The number of pyridine rings is 1. The Kier molecular flexibility index (Phi) is 5.58. The van der Waals surface area contributed by atoms with Gasteiger partial charge in [-0.15, -0.1) is 0 Å². The quantitative estimate of drug-likeness (QED) is 0.416. The fraction of sp³-hybridized carbons (Fsp3) is 0.269. The number of ether oxygens (including phenoxy) is 1. The molecule has 1 aliphatic rings. The van der Waals surface area contributed by atoms with E-state index < -0.39 is 5.97 Å². The van der Waals surface area contributed by atoms with E-state index in [1.54, 1.807) is 18.3 Å². The molecular formula is C26H25N3O3. The van der Waals surface area contributed by atoms with Gasteiger partial charge in [-0.3, -0.25) is 0 Å². The lowest BCUT2D eigenvalue weighted by Crippen LogP contribution is -2.14. The minimum atomic E-state index is -0.942. The van der Waals surface area contributed by atoms with E-state index in [0.29, 0.717) is 24.0 Å². The van der Waals surface area contributed by atoms with Crippen molar-refractivity contribution in [2.45, 2.75) is 44.8 Å². The van der Waals surface area contributed by atoms with Gasteiger partial charge in [-0.1, -0.05) is 49.6 Å². The van der Waals surface area contributed by atoms with E-state index in [1.807, 2.05) is 48.5 Å². The summed E-state index contributed by atoms with van der Waals surface area (Å²) in [5, 5.41) is 9.39. The topological polar surface area (TPSA) is 77.2 Å². The van der Waals surface area contributed by atoms with Crippen molar-refractivity contribution in [1.82, 2.24) is 14.5 Å². The number of fused-ring (bicyclic) bond motifs is 1. The molecule has 162 valence electrons. The fourth-order valence-corrected chi connectivity index (χ4v) is 4.47. The molecule has 0 radical (unpaired) electrons. The van der Waals surface area contributed by atoms with E-state index in [-0.39, 0.29) is 5.56 Å². The average Bonchev–Trinajstić information content (AvgIpc) is 3.23. The van der Waals surface area contributed by atoms with E-state index in [0.717, 1.165) is 35.3 Å². The highest BCUT2D eigenvalue weighted by Gasteiger charge is 2.23. The van der Waals surface area contributed by atoms with Crippen LogP contribution in [-0.4, -0.2) is 25.6 Å². The Morgan fingerprint density at radius 3 is 2.56 bits per heavy atom. The normalized spacial score (nSPS) is 14.5. The lowest BCUT2D eigenvalue weighted by atomic mass is 9.95. The van der Waals surface area contributed by atoms with Crippen molar-refractivity contribution < 1.29 is 14.6 Å². The van der Waals surface area contributed by atoms with Crippen LogP contribution < -0.4 is 4.74 Å². The number of aromatic nitrogens is 3. The molecule has 1 saturated carbocycles. The van der Waals surface area contributed by atoms with E-state index in [1.165, 1.54) is 19.3 Å². The number of rotatable bonds is 6. The minimum absolute atomic E-state index is 0.250. The second kappa shape index (κ2) is 8.83. The predicted molar refractivity (Wildman–Crippen MR) is 123 cm³/mol. The summed E-state index contributed by atoms with van der Waals surface area (Å²) in [6, 6.07) is 19.4. The molecule has 0 spiro atoms. The van der Waals surface area contributed by atoms with E-state index in [2.05, 4.69) is 9.55 Å². The molecular weight excluding hydrogens is 402 g/mol. The van der Waals surface area contributed by atoms with Crippen molar-refractivity contribution >= 4 is 17.0 Å². The number of benzene rings is 2. The summed E-state index contributed by atoms with van der Waals surface area (Å²) in [4.78, 5) is 20.8. The first-order valence-electron chi connectivity index (χ1n) is 11.1. The molecule has 0 aliphatic heterocycles. The summed E-state index contributed by atoms with van der Waals surface area (Å²) in [6.07, 6.45) is 7.65. The van der Waals surface area contributed by atoms with Gasteiger partial charge in [0.15, 0.2) is 0 Å². The largest absolute Gasteiger partial charge is 0.478 e. The molecule has 1 N–H and O–H groups in total. The lowest BCUT2D eigenvalue weighted by Gasteiger charge is -2.25. The average molecular weight is 428 g/mol. The van der Waals surface area contributed by atoms with Gasteiger partial charge in [0, 0.05) is 23.9 Å². The third kappa shape index (κ3) is 4.08. The van der Waals surface area contributed by atoms with Crippen LogP contribution in [0.5, 0.6) is 5.88 Å². The zero-order valence-corrected chi connectivity index (χ0v) is 17.8. The summed E-state index contributed by atoms with van der Waals surface area (Å²) in [7, 11) is 0. The van der Waals surface area contributed by atoms with Crippen LogP contribution in [0.15, 0.2) is 66.9 Å². The molecule has 2 aromatic carbocycles. The van der Waals surface area contributed by atoms with Crippen LogP contribution in [0.25, 0.3) is 22.4 Å². The molecule has 0 saturated heterocycles. The van der Waals surface area contributed by atoms with Crippen LogP contribution in [0.1, 0.15) is 54.1 Å². The Labute approximate surface area is 186 Å². The standard InChI is InChI=1S/C26H25N3O3/c30-26(31)19-11-13-23-22(15-19)28-25(29(23)21-9-5-2-6-10-21)20-12-14-24(27-16-20)32-17-18-7-3-1-4-8-18/h1,3-4,7-8,11-16,21H,2,5-6,9-10,17H2,(H,30,31). The second-order valence-electron chi connectivity index (χ2n) is 8.27. The van der Waals surface area contributed by atoms with Gasteiger partial charge in [-0.2, -0.15) is 0 Å². The Balaban J connectivity index is 1.48. The molecule has 0 bridgehead atoms. The third-order valence-corrected chi connectivity index (χ3v) is 6.10. The maximum Gasteiger partial charge on any atom is 0.335 e. The molecule has 2 heterocycles. The predicted octanol–water partition coefficient (Wildman–Crippen LogP) is 5.88. The SMILES string of the molecule is O=C(O)c1ccc2c(c1)nc(-c1ccc(OCc3ccccc3)nc1)n2C1CCCCC1. The highest BCUT2D eigenvalue weighted by Crippen LogP contribution is 2.36. The number of aromatic carboxylic acids is 1. The summed E-state index contributed by atoms with van der Waals surface area (Å²) in [5.41, 5.74) is 3.92. The molecule has 1 aliphatic carbocycles. The smallest absolute Gasteiger partial charge is 0.335 e. The first kappa shape index (κ1) is 20.2. The minimum Gasteiger partial charge on any atom is -0.478 e. The van der Waals surface area contributed by atoms with Crippen molar-refractivity contribution in [1.29, 1.82) is 0 Å². The van der Waals surface area contributed by atoms with Gasteiger partial charge in [-0.05, 0) is 42.7 Å². The molecule has 1 fully saturated rings. The van der Waals surface area contributed by atoms with Gasteiger partial charge in [0.2, 0.25) is 5.88 Å². The van der Waals surface area contributed by atoms with E-state index >= 15 is 0 Å². The summed E-state index contributed by atoms with van der Waals surface area (Å²) in [6.45, 7) is 0.464. The maximum absolute atomic E-state index is 11.5. The Hall–Kier alpha value is -3.67. The summed E-state index contributed by atoms with van der Waals surface area (Å²) < 4.78 is 8.11. The number of carboxylic acid groups (broad SMARTS) is 1. The fourth-order valence-electron chi connectivity index (χ4n) is 4.47. The van der Waals surface area contributed by atoms with Gasteiger partial charge in [0.1, 0.15) is 12.4 Å². The molecule has 6 nitrogen and oxygen atoms in total. The molecule has 32 heavy (non-hydrogen) atoms. The van der Waals surface area contributed by atoms with Gasteiger partial charge in [0.05, 0.1) is 16.6 Å². The van der Waals surface area contributed by atoms with Crippen LogP contribution in [0.2, 0.25) is 0 Å². The molecule has 5 rings (SSSR count). The second-order valence-corrected chi connectivity index (χ2v) is 8.27. The Bertz CT molecular complexity index is 1230. The van der Waals surface area contributed by atoms with Crippen molar-refractivity contribution in [3.05, 3.63) is 78.0 Å². The summed E-state index contributed by atoms with van der Waals surface area (Å²) in [5.74, 6) is 0.449. The third-order valence-electron chi connectivity index (χ3n) is 6.10. The van der Waals surface area contributed by atoms with Crippen LogP contribution in [0.4, 0.5) is 0 Å². The molecule has 2 aromatic heterocycles. The van der Waals surface area contributed by atoms with E-state index in [4.69, 9.17) is 9.72 Å². The molecule has 0 amide bonds. The van der Waals surface area contributed by atoms with Crippen molar-refractivity contribution in [3.63, 3.8) is 0 Å². The van der Waals surface area contributed by atoms with Gasteiger partial charge in [-0.25, -0.2) is 14.8 Å². The number of hydrogen-bond acceptors (Lipinski definition) is 4. The monoisotopic (exact) mass is 427 g/mol. The lowest BCUT2D eigenvalue weighted by molar-refractivity contribution is 0.0697. The highest BCUT2D eigenvalue weighted by atomic mass is 16.5. The molecule has 0 atom stereocenters. The van der Waals surface area contributed by atoms with Crippen LogP contribution in [0.3, 0.4) is 0 Å². The first-order chi connectivity index (χ1) is 15.7. The number of carbonyl (C=O) groups is 1. The van der Waals surface area contributed by atoms with Gasteiger partial charge >= 0.3 is 5.97 Å². The number of carboxylic acids is 1. The number of hydrogen-bond donors (Lipinski definition) is 1. The summed E-state index contributed by atoms with van der Waals surface area (Å²) >= 11 is 0. The van der Waals surface area contributed by atoms with Crippen molar-refractivity contribution in [3.8, 4) is 17.3 Å². The van der Waals surface area contributed by atoms with Crippen LogP contribution >= 0.6 is 0 Å². The first-order valence-corrected chi connectivity index (χ1v) is 11.1. The van der Waals surface area contributed by atoms with Crippen molar-refractivity contribution in [2.24, 2.45) is 0 Å². The Morgan fingerprint density at radius 1 is 1.03 bits per heavy atom. The zero-order valence-electron chi connectivity index (χ0n) is 17.8. The molecule has 6 heteroatoms.